The van der Waals surface area contributed by atoms with E-state index in [1.54, 1.807) is 31.2 Å². The fourth-order valence-electron chi connectivity index (χ4n) is 1.73. The van der Waals surface area contributed by atoms with E-state index in [1.807, 2.05) is 36.4 Å². The minimum absolute atomic E-state index is 0.0683. The van der Waals surface area contributed by atoms with Crippen LogP contribution in [0.15, 0.2) is 53.0 Å². The predicted molar refractivity (Wildman–Crippen MR) is 79.9 cm³/mol. The highest BCUT2D eigenvalue weighted by Crippen LogP contribution is 2.20. The molecular formula is C15H14BrNO2. The summed E-state index contributed by atoms with van der Waals surface area (Å²) in [5, 5.41) is 0. The zero-order valence-corrected chi connectivity index (χ0v) is 12.3. The normalized spacial score (nSPS) is 10.1. The Bertz CT molecular complexity index is 581. The highest BCUT2D eigenvalue weighted by Gasteiger charge is 2.13. The molecule has 2 aromatic rings. The first-order chi connectivity index (χ1) is 9.11. The highest BCUT2D eigenvalue weighted by atomic mass is 79.9. The van der Waals surface area contributed by atoms with Gasteiger partial charge in [-0.05, 0) is 42.5 Å². The van der Waals surface area contributed by atoms with Crippen molar-refractivity contribution < 1.29 is 9.53 Å². The summed E-state index contributed by atoms with van der Waals surface area (Å²) in [6, 6.07) is 14.7. The van der Waals surface area contributed by atoms with Crippen LogP contribution in [0.5, 0.6) is 5.75 Å². The van der Waals surface area contributed by atoms with Gasteiger partial charge in [0.15, 0.2) is 0 Å². The topological polar surface area (TPSA) is 29.5 Å². The minimum Gasteiger partial charge on any atom is -0.497 e. The molecule has 98 valence electrons. The van der Waals surface area contributed by atoms with Crippen LogP contribution in [0.2, 0.25) is 0 Å². The van der Waals surface area contributed by atoms with E-state index < -0.39 is 0 Å². The van der Waals surface area contributed by atoms with Crippen molar-refractivity contribution in [1.29, 1.82) is 0 Å². The molecule has 0 spiro atoms. The zero-order valence-electron chi connectivity index (χ0n) is 10.8. The van der Waals surface area contributed by atoms with Crippen LogP contribution in [0.4, 0.5) is 5.69 Å². The summed E-state index contributed by atoms with van der Waals surface area (Å²) in [5.41, 5.74) is 1.45. The summed E-state index contributed by atoms with van der Waals surface area (Å²) in [6.07, 6.45) is 0. The van der Waals surface area contributed by atoms with E-state index in [2.05, 4.69) is 15.9 Å². The van der Waals surface area contributed by atoms with Crippen molar-refractivity contribution in [3.8, 4) is 5.75 Å². The monoisotopic (exact) mass is 319 g/mol. The van der Waals surface area contributed by atoms with Crippen LogP contribution >= 0.6 is 15.9 Å². The average Bonchev–Trinajstić information content (AvgIpc) is 2.46. The molecule has 3 nitrogen and oxygen atoms in total. The molecule has 19 heavy (non-hydrogen) atoms. The lowest BCUT2D eigenvalue weighted by Gasteiger charge is -2.17. The number of halogens is 1. The second-order valence-corrected chi connectivity index (χ2v) is 4.99. The lowest BCUT2D eigenvalue weighted by atomic mass is 10.2. The number of anilines is 1. The smallest absolute Gasteiger partial charge is 0.258 e. The summed E-state index contributed by atoms with van der Waals surface area (Å²) in [4.78, 5) is 14.0. The van der Waals surface area contributed by atoms with Gasteiger partial charge in [-0.15, -0.1) is 0 Å². The Morgan fingerprint density at radius 1 is 1.16 bits per heavy atom. The average molecular weight is 320 g/mol. The van der Waals surface area contributed by atoms with Crippen molar-refractivity contribution in [3.63, 3.8) is 0 Å². The van der Waals surface area contributed by atoms with Gasteiger partial charge >= 0.3 is 0 Å². The van der Waals surface area contributed by atoms with Gasteiger partial charge in [-0.3, -0.25) is 4.79 Å². The van der Waals surface area contributed by atoms with Crippen LogP contribution < -0.4 is 9.64 Å². The van der Waals surface area contributed by atoms with Crippen LogP contribution in [0.1, 0.15) is 10.4 Å². The Morgan fingerprint density at radius 3 is 2.47 bits per heavy atom. The molecular weight excluding hydrogens is 306 g/mol. The number of ether oxygens (including phenoxy) is 1. The molecule has 0 aromatic heterocycles. The number of methoxy groups -OCH3 is 1. The van der Waals surface area contributed by atoms with E-state index in [-0.39, 0.29) is 5.91 Å². The molecule has 0 aliphatic carbocycles. The van der Waals surface area contributed by atoms with Gasteiger partial charge < -0.3 is 9.64 Å². The summed E-state index contributed by atoms with van der Waals surface area (Å²) in [5.74, 6) is 0.608. The third-order valence-electron chi connectivity index (χ3n) is 2.84. The van der Waals surface area contributed by atoms with E-state index in [9.17, 15) is 4.79 Å². The number of amides is 1. The van der Waals surface area contributed by atoms with E-state index in [0.29, 0.717) is 11.3 Å². The standard InChI is InChI=1S/C15H14BrNO2/c1-17(13-8-6-12(16)7-9-13)15(18)11-4-3-5-14(10-11)19-2/h3-10H,1-2H3. The van der Waals surface area contributed by atoms with Gasteiger partial charge in [0, 0.05) is 22.8 Å². The third-order valence-corrected chi connectivity index (χ3v) is 3.36. The van der Waals surface area contributed by atoms with E-state index in [0.717, 1.165) is 10.2 Å². The van der Waals surface area contributed by atoms with Crippen LogP contribution in [0, 0.1) is 0 Å². The molecule has 0 bridgehead atoms. The molecule has 2 aromatic carbocycles. The number of rotatable bonds is 3. The molecule has 0 aliphatic heterocycles. The van der Waals surface area contributed by atoms with Crippen molar-refractivity contribution in [2.45, 2.75) is 0 Å². The van der Waals surface area contributed by atoms with Crippen LogP contribution in [0.25, 0.3) is 0 Å². The Kier molecular flexibility index (Phi) is 4.22. The number of nitrogens with zero attached hydrogens (tertiary/aromatic N) is 1. The van der Waals surface area contributed by atoms with Crippen LogP contribution in [-0.2, 0) is 0 Å². The molecule has 1 amide bonds. The summed E-state index contributed by atoms with van der Waals surface area (Å²) < 4.78 is 6.11. The number of benzene rings is 2. The van der Waals surface area contributed by atoms with Gasteiger partial charge in [0.05, 0.1) is 7.11 Å². The molecule has 0 N–H and O–H groups in total. The molecule has 0 saturated heterocycles. The quantitative estimate of drug-likeness (QED) is 0.862. The van der Waals surface area contributed by atoms with Gasteiger partial charge in [0.2, 0.25) is 0 Å². The Hall–Kier alpha value is -1.81. The lowest BCUT2D eigenvalue weighted by molar-refractivity contribution is 0.0992. The van der Waals surface area contributed by atoms with Crippen molar-refractivity contribution in [3.05, 3.63) is 58.6 Å². The van der Waals surface area contributed by atoms with Crippen molar-refractivity contribution in [2.24, 2.45) is 0 Å². The number of hydrogen-bond acceptors (Lipinski definition) is 2. The van der Waals surface area contributed by atoms with E-state index in [4.69, 9.17) is 4.74 Å². The zero-order chi connectivity index (χ0) is 13.8. The number of carbonyl (C=O) groups excluding carboxylic acids is 1. The van der Waals surface area contributed by atoms with Crippen LogP contribution in [-0.4, -0.2) is 20.1 Å². The largest absolute Gasteiger partial charge is 0.497 e. The van der Waals surface area contributed by atoms with Crippen molar-refractivity contribution in [1.82, 2.24) is 0 Å². The van der Waals surface area contributed by atoms with Gasteiger partial charge in [-0.2, -0.15) is 0 Å². The van der Waals surface area contributed by atoms with Crippen molar-refractivity contribution >= 4 is 27.5 Å². The molecule has 0 radical (unpaired) electrons. The van der Waals surface area contributed by atoms with Gasteiger partial charge in [-0.1, -0.05) is 22.0 Å². The summed E-state index contributed by atoms with van der Waals surface area (Å²) >= 11 is 3.38. The fraction of sp³-hybridized carbons (Fsp3) is 0.133. The first-order valence-electron chi connectivity index (χ1n) is 5.79. The number of carbonyl (C=O) groups is 1. The molecule has 0 heterocycles. The fourth-order valence-corrected chi connectivity index (χ4v) is 2.00. The molecule has 0 saturated carbocycles. The van der Waals surface area contributed by atoms with Crippen LogP contribution in [0.3, 0.4) is 0 Å². The second-order valence-electron chi connectivity index (χ2n) is 4.07. The molecule has 0 aliphatic rings. The van der Waals surface area contributed by atoms with Crippen molar-refractivity contribution in [2.75, 3.05) is 19.1 Å². The maximum atomic E-state index is 12.4. The minimum atomic E-state index is -0.0683. The maximum absolute atomic E-state index is 12.4. The van der Waals surface area contributed by atoms with Gasteiger partial charge in [0.25, 0.3) is 5.91 Å². The first-order valence-corrected chi connectivity index (χ1v) is 6.59. The summed E-state index contributed by atoms with van der Waals surface area (Å²) in [7, 11) is 3.34. The third kappa shape index (κ3) is 3.15. The maximum Gasteiger partial charge on any atom is 0.258 e. The summed E-state index contributed by atoms with van der Waals surface area (Å²) in [6.45, 7) is 0. The lowest BCUT2D eigenvalue weighted by Crippen LogP contribution is -2.26. The van der Waals surface area contributed by atoms with E-state index >= 15 is 0 Å². The van der Waals surface area contributed by atoms with Gasteiger partial charge in [-0.25, -0.2) is 0 Å². The molecule has 0 fully saturated rings. The highest BCUT2D eigenvalue weighted by molar-refractivity contribution is 9.10. The Labute approximate surface area is 120 Å². The molecule has 2 rings (SSSR count). The Morgan fingerprint density at radius 2 is 1.84 bits per heavy atom. The predicted octanol–water partition coefficient (Wildman–Crippen LogP) is 3.73. The molecule has 0 unspecified atom stereocenters. The second kappa shape index (κ2) is 5.89. The SMILES string of the molecule is COc1cccc(C(=O)N(C)c2ccc(Br)cc2)c1. The first kappa shape index (κ1) is 13.6. The molecule has 0 atom stereocenters. The van der Waals surface area contributed by atoms with Gasteiger partial charge in [0.1, 0.15) is 5.75 Å². The molecule has 4 heteroatoms. The number of hydrogen-bond donors (Lipinski definition) is 0. The Balaban J connectivity index is 2.25. The van der Waals surface area contributed by atoms with E-state index in [1.165, 1.54) is 0 Å².